The summed E-state index contributed by atoms with van der Waals surface area (Å²) < 4.78 is 6.06. The molecule has 2 aromatic heterocycles. The Morgan fingerprint density at radius 3 is 2.73 bits per heavy atom. The molecule has 5 nitrogen and oxygen atoms in total. The van der Waals surface area contributed by atoms with E-state index in [2.05, 4.69) is 25.9 Å². The molecule has 0 unspecified atom stereocenters. The van der Waals surface area contributed by atoms with E-state index < -0.39 is 0 Å². The number of ether oxygens (including phenoxy) is 1. The van der Waals surface area contributed by atoms with Crippen molar-refractivity contribution in [3.63, 3.8) is 0 Å². The summed E-state index contributed by atoms with van der Waals surface area (Å²) in [6.07, 6.45) is 15.0. The molecule has 140 valence electrons. The summed E-state index contributed by atoms with van der Waals surface area (Å²) >= 11 is 0. The van der Waals surface area contributed by atoms with Crippen LogP contribution in [0.3, 0.4) is 0 Å². The van der Waals surface area contributed by atoms with Gasteiger partial charge in [-0.15, -0.1) is 0 Å². The molecule has 26 heavy (non-hydrogen) atoms. The Morgan fingerprint density at radius 1 is 1.12 bits per heavy atom. The monoisotopic (exact) mass is 354 g/mol. The number of H-pyrrole nitrogens is 1. The number of imidazole rings is 1. The molecule has 1 aliphatic carbocycles. The van der Waals surface area contributed by atoms with Crippen LogP contribution in [0.1, 0.15) is 55.6 Å². The van der Waals surface area contributed by atoms with Gasteiger partial charge in [-0.2, -0.15) is 0 Å². The number of hydrogen-bond acceptors (Lipinski definition) is 4. The van der Waals surface area contributed by atoms with Crippen LogP contribution in [0.5, 0.6) is 0 Å². The Bertz CT molecular complexity index is 658. The number of aromatic nitrogens is 3. The second-order valence-corrected chi connectivity index (χ2v) is 7.86. The number of nitrogens with zero attached hydrogens (tertiary/aromatic N) is 3. The van der Waals surface area contributed by atoms with Gasteiger partial charge in [0.1, 0.15) is 5.82 Å². The first-order valence-corrected chi connectivity index (χ1v) is 10.1. The van der Waals surface area contributed by atoms with Gasteiger partial charge in [0.25, 0.3) is 0 Å². The van der Waals surface area contributed by atoms with Gasteiger partial charge in [0.15, 0.2) is 0 Å². The fraction of sp³-hybridized carbons (Fsp3) is 0.619. The Labute approximate surface area is 156 Å². The highest BCUT2D eigenvalue weighted by atomic mass is 16.5. The van der Waals surface area contributed by atoms with E-state index in [9.17, 15) is 0 Å². The van der Waals surface area contributed by atoms with Gasteiger partial charge >= 0.3 is 0 Å². The van der Waals surface area contributed by atoms with Crippen molar-refractivity contribution in [2.75, 3.05) is 13.1 Å². The van der Waals surface area contributed by atoms with E-state index in [1.165, 1.54) is 37.2 Å². The van der Waals surface area contributed by atoms with E-state index in [1.807, 2.05) is 18.5 Å². The van der Waals surface area contributed by atoms with Crippen LogP contribution >= 0.6 is 0 Å². The van der Waals surface area contributed by atoms with Gasteiger partial charge < -0.3 is 9.72 Å². The lowest BCUT2D eigenvalue weighted by molar-refractivity contribution is -0.00422. The molecule has 1 saturated heterocycles. The molecule has 3 heterocycles. The zero-order valence-corrected chi connectivity index (χ0v) is 15.6. The van der Waals surface area contributed by atoms with Crippen molar-refractivity contribution in [2.45, 2.75) is 64.2 Å². The molecule has 0 atom stereocenters. The normalized spacial score (nSPS) is 20.0. The molecule has 0 aromatic carbocycles. The molecular formula is C21H30N4O. The maximum atomic E-state index is 6.06. The summed E-state index contributed by atoms with van der Waals surface area (Å²) in [5.41, 5.74) is 2.41. The highest BCUT2D eigenvalue weighted by molar-refractivity contribution is 5.07. The minimum Gasteiger partial charge on any atom is -0.373 e. The van der Waals surface area contributed by atoms with Crippen LogP contribution < -0.4 is 0 Å². The molecule has 1 aliphatic heterocycles. The van der Waals surface area contributed by atoms with Gasteiger partial charge in [0, 0.05) is 50.3 Å². The number of aromatic amines is 1. The van der Waals surface area contributed by atoms with Crippen molar-refractivity contribution < 1.29 is 4.74 Å². The predicted octanol–water partition coefficient (Wildman–Crippen LogP) is 3.72. The second kappa shape index (κ2) is 8.78. The number of piperidine rings is 1. The van der Waals surface area contributed by atoms with Crippen LogP contribution in [0, 0.1) is 5.92 Å². The third-order valence-electron chi connectivity index (χ3n) is 5.77. The topological polar surface area (TPSA) is 54.0 Å². The molecule has 2 aromatic rings. The van der Waals surface area contributed by atoms with Gasteiger partial charge in [-0.1, -0.05) is 31.7 Å². The van der Waals surface area contributed by atoms with Crippen LogP contribution in [0.2, 0.25) is 0 Å². The fourth-order valence-electron chi connectivity index (χ4n) is 4.25. The predicted molar refractivity (Wildman–Crippen MR) is 102 cm³/mol. The minimum atomic E-state index is 0.367. The molecule has 0 radical (unpaired) electrons. The van der Waals surface area contributed by atoms with Gasteiger partial charge in [-0.3, -0.25) is 9.88 Å². The SMILES string of the molecule is c1cncc(COC2CCN(Cc3cnc(CC4CCCC4)[nH]3)CC2)c1. The van der Waals surface area contributed by atoms with E-state index in [0.717, 1.165) is 50.4 Å². The van der Waals surface area contributed by atoms with E-state index in [1.54, 1.807) is 6.20 Å². The summed E-state index contributed by atoms with van der Waals surface area (Å²) in [4.78, 5) is 14.8. The van der Waals surface area contributed by atoms with Crippen LogP contribution in [-0.2, 0) is 24.3 Å². The third-order valence-corrected chi connectivity index (χ3v) is 5.77. The van der Waals surface area contributed by atoms with Crippen LogP contribution in [0.4, 0.5) is 0 Å². The van der Waals surface area contributed by atoms with Crippen LogP contribution in [0.25, 0.3) is 0 Å². The smallest absolute Gasteiger partial charge is 0.106 e. The van der Waals surface area contributed by atoms with E-state index in [4.69, 9.17) is 4.74 Å². The second-order valence-electron chi connectivity index (χ2n) is 7.86. The Balaban J connectivity index is 1.18. The summed E-state index contributed by atoms with van der Waals surface area (Å²) in [6, 6.07) is 4.04. The van der Waals surface area contributed by atoms with Crippen molar-refractivity contribution in [2.24, 2.45) is 5.92 Å². The fourth-order valence-corrected chi connectivity index (χ4v) is 4.25. The number of nitrogens with one attached hydrogen (secondary N) is 1. The zero-order valence-electron chi connectivity index (χ0n) is 15.6. The maximum Gasteiger partial charge on any atom is 0.106 e. The summed E-state index contributed by atoms with van der Waals surface area (Å²) in [7, 11) is 0. The number of hydrogen-bond donors (Lipinski definition) is 1. The van der Waals surface area contributed by atoms with Crippen molar-refractivity contribution >= 4 is 0 Å². The minimum absolute atomic E-state index is 0.367. The highest BCUT2D eigenvalue weighted by Crippen LogP contribution is 2.27. The Hall–Kier alpha value is -1.72. The molecule has 1 N–H and O–H groups in total. The van der Waals surface area contributed by atoms with Crippen LogP contribution in [-0.4, -0.2) is 39.0 Å². The molecule has 2 aliphatic rings. The van der Waals surface area contributed by atoms with Crippen molar-refractivity contribution in [1.29, 1.82) is 0 Å². The van der Waals surface area contributed by atoms with Crippen molar-refractivity contribution in [3.05, 3.63) is 47.8 Å². The number of likely N-dealkylation sites (tertiary alicyclic amines) is 1. The van der Waals surface area contributed by atoms with E-state index in [-0.39, 0.29) is 0 Å². The largest absolute Gasteiger partial charge is 0.373 e. The lowest BCUT2D eigenvalue weighted by Crippen LogP contribution is -2.36. The Morgan fingerprint density at radius 2 is 1.96 bits per heavy atom. The summed E-state index contributed by atoms with van der Waals surface area (Å²) in [6.45, 7) is 3.83. The number of pyridine rings is 1. The molecule has 4 rings (SSSR count). The van der Waals surface area contributed by atoms with E-state index >= 15 is 0 Å². The zero-order chi connectivity index (χ0) is 17.6. The lowest BCUT2D eigenvalue weighted by atomic mass is 10.0. The molecular weight excluding hydrogens is 324 g/mol. The summed E-state index contributed by atoms with van der Waals surface area (Å²) in [5, 5.41) is 0. The summed E-state index contributed by atoms with van der Waals surface area (Å²) in [5.74, 6) is 2.03. The first-order chi connectivity index (χ1) is 12.8. The molecule has 0 spiro atoms. The highest BCUT2D eigenvalue weighted by Gasteiger charge is 2.21. The van der Waals surface area contributed by atoms with Gasteiger partial charge in [0.2, 0.25) is 0 Å². The van der Waals surface area contributed by atoms with Crippen LogP contribution in [0.15, 0.2) is 30.7 Å². The van der Waals surface area contributed by atoms with Crippen molar-refractivity contribution in [1.82, 2.24) is 19.9 Å². The van der Waals surface area contributed by atoms with Gasteiger partial charge in [-0.05, 0) is 30.4 Å². The third kappa shape index (κ3) is 4.92. The molecule has 0 bridgehead atoms. The average molecular weight is 354 g/mol. The average Bonchev–Trinajstić information content (AvgIpc) is 3.35. The first kappa shape index (κ1) is 17.7. The standard InChI is InChI=1S/C21H30N4O/c1-2-5-17(4-1)12-21-23-14-19(24-21)15-25-10-7-20(8-11-25)26-16-18-6-3-9-22-13-18/h3,6,9,13-14,17,20H,1-2,4-5,7-8,10-12,15-16H2,(H,23,24). The maximum absolute atomic E-state index is 6.06. The first-order valence-electron chi connectivity index (χ1n) is 10.1. The van der Waals surface area contributed by atoms with Gasteiger partial charge in [0.05, 0.1) is 12.7 Å². The molecule has 0 amide bonds. The Kier molecular flexibility index (Phi) is 5.97. The quantitative estimate of drug-likeness (QED) is 0.823. The van der Waals surface area contributed by atoms with Gasteiger partial charge in [-0.25, -0.2) is 4.98 Å². The molecule has 2 fully saturated rings. The van der Waals surface area contributed by atoms with Crippen molar-refractivity contribution in [3.8, 4) is 0 Å². The van der Waals surface area contributed by atoms with E-state index in [0.29, 0.717) is 12.7 Å². The molecule has 5 heteroatoms. The number of rotatable bonds is 7. The molecule has 1 saturated carbocycles. The lowest BCUT2D eigenvalue weighted by Gasteiger charge is -2.31.